The van der Waals surface area contributed by atoms with E-state index in [-0.39, 0.29) is 17.7 Å². The Labute approximate surface area is 117 Å². The summed E-state index contributed by atoms with van der Waals surface area (Å²) in [5.74, 6) is -1.03. The summed E-state index contributed by atoms with van der Waals surface area (Å²) in [6.45, 7) is 0. The number of pyridine rings is 1. The molecule has 7 heteroatoms. The van der Waals surface area contributed by atoms with E-state index in [1.165, 1.54) is 18.2 Å². The Bertz CT molecular complexity index is 692. The molecule has 1 aromatic heterocycles. The molecule has 0 fully saturated rings. The molecule has 1 aromatic carbocycles. The molecule has 0 atom stereocenters. The average Bonchev–Trinajstić information content (AvgIpc) is 2.40. The standard InChI is InChI=1S/C14H8F4N2O/c15-12-8-20-13(7-9(12)4-5-19)10-2-1-3-11(6-10)21-14(16,17)18/h1-3,6-8H,4H2. The van der Waals surface area contributed by atoms with Crippen molar-refractivity contribution in [1.29, 1.82) is 5.26 Å². The van der Waals surface area contributed by atoms with Crippen molar-refractivity contribution in [2.75, 3.05) is 0 Å². The minimum Gasteiger partial charge on any atom is -0.406 e. The molecule has 0 N–H and O–H groups in total. The second-order valence-corrected chi connectivity index (χ2v) is 4.07. The fraction of sp³-hybridized carbons (Fsp3) is 0.143. The number of nitriles is 1. The summed E-state index contributed by atoms with van der Waals surface area (Å²) in [7, 11) is 0. The van der Waals surface area contributed by atoms with E-state index in [1.807, 2.05) is 0 Å². The van der Waals surface area contributed by atoms with E-state index in [9.17, 15) is 17.6 Å². The van der Waals surface area contributed by atoms with Crippen LogP contribution in [0, 0.1) is 17.1 Å². The van der Waals surface area contributed by atoms with Crippen molar-refractivity contribution in [1.82, 2.24) is 4.98 Å². The van der Waals surface area contributed by atoms with Crippen molar-refractivity contribution in [2.45, 2.75) is 12.8 Å². The minimum atomic E-state index is -4.79. The molecule has 2 rings (SSSR count). The molecule has 1 heterocycles. The first-order chi connectivity index (χ1) is 9.89. The third kappa shape index (κ3) is 3.92. The monoisotopic (exact) mass is 296 g/mol. The van der Waals surface area contributed by atoms with Gasteiger partial charge in [-0.1, -0.05) is 12.1 Å². The SMILES string of the molecule is N#CCc1cc(-c2cccc(OC(F)(F)F)c2)ncc1F. The number of benzene rings is 1. The van der Waals surface area contributed by atoms with Crippen molar-refractivity contribution in [3.8, 4) is 23.1 Å². The normalized spacial score (nSPS) is 11.0. The first kappa shape index (κ1) is 14.8. The van der Waals surface area contributed by atoms with Crippen molar-refractivity contribution >= 4 is 0 Å². The Morgan fingerprint density at radius 2 is 2.00 bits per heavy atom. The van der Waals surface area contributed by atoms with Gasteiger partial charge in [0.1, 0.15) is 11.6 Å². The van der Waals surface area contributed by atoms with Crippen LogP contribution >= 0.6 is 0 Å². The smallest absolute Gasteiger partial charge is 0.406 e. The van der Waals surface area contributed by atoms with Crippen molar-refractivity contribution in [3.05, 3.63) is 47.9 Å². The number of halogens is 4. The van der Waals surface area contributed by atoms with Gasteiger partial charge in [-0.3, -0.25) is 4.98 Å². The molecule has 0 aliphatic heterocycles. The predicted molar refractivity (Wildman–Crippen MR) is 65.6 cm³/mol. The molecule has 0 bridgehead atoms. The van der Waals surface area contributed by atoms with Gasteiger partial charge >= 0.3 is 6.36 Å². The molecule has 0 spiro atoms. The summed E-state index contributed by atoms with van der Waals surface area (Å²) in [6, 6.07) is 8.30. The van der Waals surface area contributed by atoms with Gasteiger partial charge in [0.15, 0.2) is 0 Å². The largest absolute Gasteiger partial charge is 0.573 e. The minimum absolute atomic E-state index is 0.129. The van der Waals surface area contributed by atoms with Crippen LogP contribution in [0.15, 0.2) is 36.5 Å². The van der Waals surface area contributed by atoms with Gasteiger partial charge in [-0.2, -0.15) is 5.26 Å². The van der Waals surface area contributed by atoms with E-state index >= 15 is 0 Å². The summed E-state index contributed by atoms with van der Waals surface area (Å²) in [5, 5.41) is 8.60. The predicted octanol–water partition coefficient (Wildman–Crippen LogP) is 3.85. The molecule has 108 valence electrons. The number of nitrogens with zero attached hydrogens (tertiary/aromatic N) is 2. The van der Waals surface area contributed by atoms with Gasteiger partial charge in [0.2, 0.25) is 0 Å². The number of hydrogen-bond acceptors (Lipinski definition) is 3. The summed E-state index contributed by atoms with van der Waals surface area (Å²) in [4.78, 5) is 3.81. The highest BCUT2D eigenvalue weighted by atomic mass is 19.4. The Kier molecular flexibility index (Phi) is 4.08. The zero-order chi connectivity index (χ0) is 15.5. The van der Waals surface area contributed by atoms with Crippen LogP contribution < -0.4 is 4.74 Å². The second kappa shape index (κ2) is 5.79. The Morgan fingerprint density at radius 3 is 2.67 bits per heavy atom. The molecular formula is C14H8F4N2O. The lowest BCUT2D eigenvalue weighted by Crippen LogP contribution is -2.17. The quantitative estimate of drug-likeness (QED) is 0.808. The average molecular weight is 296 g/mol. The molecule has 3 nitrogen and oxygen atoms in total. The maximum absolute atomic E-state index is 13.4. The van der Waals surface area contributed by atoms with Gasteiger partial charge in [-0.05, 0) is 18.2 Å². The highest BCUT2D eigenvalue weighted by molar-refractivity contribution is 5.61. The lowest BCUT2D eigenvalue weighted by molar-refractivity contribution is -0.274. The van der Waals surface area contributed by atoms with Gasteiger partial charge in [-0.15, -0.1) is 13.2 Å². The van der Waals surface area contributed by atoms with Crippen LogP contribution in [0.5, 0.6) is 5.75 Å². The summed E-state index contributed by atoms with van der Waals surface area (Å²) >= 11 is 0. The molecule has 0 saturated heterocycles. The molecule has 0 radical (unpaired) electrons. The molecule has 0 amide bonds. The number of aromatic nitrogens is 1. The Balaban J connectivity index is 2.36. The molecule has 21 heavy (non-hydrogen) atoms. The number of hydrogen-bond donors (Lipinski definition) is 0. The van der Waals surface area contributed by atoms with Crippen molar-refractivity contribution < 1.29 is 22.3 Å². The molecule has 0 aliphatic rings. The van der Waals surface area contributed by atoms with Crippen LogP contribution in [0.25, 0.3) is 11.3 Å². The summed E-state index contributed by atoms with van der Waals surface area (Å²) in [5.41, 5.74) is 0.717. The number of ether oxygens (including phenoxy) is 1. The second-order valence-electron chi connectivity index (χ2n) is 4.07. The van der Waals surface area contributed by atoms with E-state index in [2.05, 4.69) is 9.72 Å². The van der Waals surface area contributed by atoms with Crippen molar-refractivity contribution in [3.63, 3.8) is 0 Å². The van der Waals surface area contributed by atoms with Crippen LogP contribution in [0.1, 0.15) is 5.56 Å². The number of rotatable bonds is 3. The third-order valence-corrected chi connectivity index (χ3v) is 2.57. The van der Waals surface area contributed by atoms with E-state index in [1.54, 1.807) is 6.07 Å². The maximum Gasteiger partial charge on any atom is 0.573 e. The van der Waals surface area contributed by atoms with Gasteiger partial charge in [0.25, 0.3) is 0 Å². The fourth-order valence-electron chi connectivity index (χ4n) is 1.71. The lowest BCUT2D eigenvalue weighted by atomic mass is 10.1. The molecule has 2 aromatic rings. The highest BCUT2D eigenvalue weighted by Crippen LogP contribution is 2.27. The molecule has 0 saturated carbocycles. The molecular weight excluding hydrogens is 288 g/mol. The molecule has 0 unspecified atom stereocenters. The van der Waals surface area contributed by atoms with Crippen LogP contribution in [0.3, 0.4) is 0 Å². The summed E-state index contributed by atoms with van der Waals surface area (Å²) in [6.07, 6.45) is -4.01. The Morgan fingerprint density at radius 1 is 1.24 bits per heavy atom. The maximum atomic E-state index is 13.4. The highest BCUT2D eigenvalue weighted by Gasteiger charge is 2.31. The summed E-state index contributed by atoms with van der Waals surface area (Å²) < 4.78 is 53.7. The van der Waals surface area contributed by atoms with Crippen LogP contribution in [0.2, 0.25) is 0 Å². The number of alkyl halides is 3. The van der Waals surface area contributed by atoms with Gasteiger partial charge in [0, 0.05) is 11.1 Å². The third-order valence-electron chi connectivity index (χ3n) is 2.57. The van der Waals surface area contributed by atoms with Gasteiger partial charge < -0.3 is 4.74 Å². The van der Waals surface area contributed by atoms with Gasteiger partial charge in [0.05, 0.1) is 24.4 Å². The topological polar surface area (TPSA) is 45.9 Å². The van der Waals surface area contributed by atoms with Crippen molar-refractivity contribution in [2.24, 2.45) is 0 Å². The Hall–Kier alpha value is -2.62. The molecule has 0 aliphatic carbocycles. The van der Waals surface area contributed by atoms with Gasteiger partial charge in [-0.25, -0.2) is 4.39 Å². The van der Waals surface area contributed by atoms with E-state index in [0.29, 0.717) is 5.56 Å². The van der Waals surface area contributed by atoms with Crippen LogP contribution in [0.4, 0.5) is 17.6 Å². The zero-order valence-electron chi connectivity index (χ0n) is 10.5. The lowest BCUT2D eigenvalue weighted by Gasteiger charge is -2.10. The van der Waals surface area contributed by atoms with E-state index in [4.69, 9.17) is 5.26 Å². The van der Waals surface area contributed by atoms with Crippen LogP contribution in [-0.4, -0.2) is 11.3 Å². The van der Waals surface area contributed by atoms with E-state index in [0.717, 1.165) is 18.3 Å². The zero-order valence-corrected chi connectivity index (χ0v) is 10.5. The first-order valence-corrected chi connectivity index (χ1v) is 5.76. The fourth-order valence-corrected chi connectivity index (χ4v) is 1.71. The van der Waals surface area contributed by atoms with E-state index < -0.39 is 17.9 Å². The van der Waals surface area contributed by atoms with Crippen LogP contribution in [-0.2, 0) is 6.42 Å². The first-order valence-electron chi connectivity index (χ1n) is 5.76.